The molecular weight excluding hydrogens is 254 g/mol. The van der Waals surface area contributed by atoms with Crippen LogP contribution < -0.4 is 0 Å². The lowest BCUT2D eigenvalue weighted by molar-refractivity contribution is 0.0701. The van der Waals surface area contributed by atoms with Gasteiger partial charge in [-0.2, -0.15) is 5.10 Å². The molecule has 0 aliphatic rings. The molecule has 0 bridgehead atoms. The summed E-state index contributed by atoms with van der Waals surface area (Å²) in [7, 11) is 0. The molecule has 5 heteroatoms. The minimum Gasteiger partial charge on any atom is -0.508 e. The molecular formula is C15H19N3O2. The van der Waals surface area contributed by atoms with Crippen LogP contribution in [0.2, 0.25) is 0 Å². The number of rotatable bonds is 4. The number of aromatic hydroxyl groups is 1. The highest BCUT2D eigenvalue weighted by Crippen LogP contribution is 2.25. The molecule has 20 heavy (non-hydrogen) atoms. The van der Waals surface area contributed by atoms with Crippen LogP contribution in [0.15, 0.2) is 30.5 Å². The van der Waals surface area contributed by atoms with Gasteiger partial charge in [0.1, 0.15) is 5.75 Å². The molecule has 0 spiro atoms. The quantitative estimate of drug-likeness (QED) is 0.899. The molecule has 106 valence electrons. The highest BCUT2D eigenvalue weighted by Gasteiger charge is 2.23. The van der Waals surface area contributed by atoms with Crippen molar-refractivity contribution < 1.29 is 9.90 Å². The van der Waals surface area contributed by atoms with Crippen LogP contribution in [-0.2, 0) is 0 Å². The second-order valence-electron chi connectivity index (χ2n) is 4.77. The van der Waals surface area contributed by atoms with Crippen LogP contribution in [0, 0.1) is 6.92 Å². The van der Waals surface area contributed by atoms with Gasteiger partial charge in [-0.05, 0) is 38.5 Å². The van der Waals surface area contributed by atoms with E-state index in [0.717, 1.165) is 11.3 Å². The molecule has 0 aliphatic carbocycles. The summed E-state index contributed by atoms with van der Waals surface area (Å²) in [6.45, 7) is 6.30. The van der Waals surface area contributed by atoms with Gasteiger partial charge in [0.2, 0.25) is 0 Å². The SMILES string of the molecule is CCN(C(=O)c1cn[nH]c1C)C(C)c1cccc(O)c1. The van der Waals surface area contributed by atoms with Gasteiger partial charge in [0.15, 0.2) is 0 Å². The smallest absolute Gasteiger partial charge is 0.257 e. The van der Waals surface area contributed by atoms with E-state index in [9.17, 15) is 9.90 Å². The number of phenolic OH excluding ortho intramolecular Hbond substituents is 1. The molecule has 2 N–H and O–H groups in total. The van der Waals surface area contributed by atoms with Crippen molar-refractivity contribution in [2.75, 3.05) is 6.54 Å². The topological polar surface area (TPSA) is 69.2 Å². The van der Waals surface area contributed by atoms with Crippen LogP contribution in [0.4, 0.5) is 0 Å². The lowest BCUT2D eigenvalue weighted by atomic mass is 10.1. The first-order chi connectivity index (χ1) is 9.54. The predicted molar refractivity (Wildman–Crippen MR) is 76.6 cm³/mol. The summed E-state index contributed by atoms with van der Waals surface area (Å²) in [5.74, 6) is 0.145. The molecule has 2 aromatic rings. The normalized spacial score (nSPS) is 12.2. The van der Waals surface area contributed by atoms with Gasteiger partial charge in [-0.1, -0.05) is 12.1 Å². The summed E-state index contributed by atoms with van der Waals surface area (Å²) in [6.07, 6.45) is 1.55. The molecule has 1 aromatic heterocycles. The number of hydrogen-bond acceptors (Lipinski definition) is 3. The van der Waals surface area contributed by atoms with Crippen molar-refractivity contribution in [1.29, 1.82) is 0 Å². The average molecular weight is 273 g/mol. The Balaban J connectivity index is 2.28. The fourth-order valence-electron chi connectivity index (χ4n) is 2.28. The number of carbonyl (C=O) groups is 1. The number of aromatic nitrogens is 2. The van der Waals surface area contributed by atoms with Gasteiger partial charge in [-0.25, -0.2) is 0 Å². The van der Waals surface area contributed by atoms with Crippen LogP contribution in [0.25, 0.3) is 0 Å². The first-order valence-corrected chi connectivity index (χ1v) is 6.64. The van der Waals surface area contributed by atoms with Crippen LogP contribution in [0.1, 0.15) is 41.5 Å². The third kappa shape index (κ3) is 2.66. The minimum absolute atomic E-state index is 0.0606. The van der Waals surface area contributed by atoms with E-state index in [1.165, 1.54) is 0 Å². The van der Waals surface area contributed by atoms with Gasteiger partial charge in [0.05, 0.1) is 17.8 Å². The maximum atomic E-state index is 12.6. The Kier molecular flexibility index (Phi) is 4.08. The van der Waals surface area contributed by atoms with Crippen LogP contribution >= 0.6 is 0 Å². The van der Waals surface area contributed by atoms with E-state index in [1.54, 1.807) is 29.3 Å². The number of hydrogen-bond donors (Lipinski definition) is 2. The van der Waals surface area contributed by atoms with Crippen molar-refractivity contribution in [3.63, 3.8) is 0 Å². The highest BCUT2D eigenvalue weighted by molar-refractivity contribution is 5.95. The zero-order valence-electron chi connectivity index (χ0n) is 11.9. The molecule has 0 saturated carbocycles. The fourth-order valence-corrected chi connectivity index (χ4v) is 2.28. The van der Waals surface area contributed by atoms with Crippen molar-refractivity contribution >= 4 is 5.91 Å². The largest absolute Gasteiger partial charge is 0.508 e. The number of benzene rings is 1. The van der Waals surface area contributed by atoms with Crippen LogP contribution in [0.5, 0.6) is 5.75 Å². The van der Waals surface area contributed by atoms with Crippen molar-refractivity contribution in [3.05, 3.63) is 47.3 Å². The molecule has 2 rings (SSSR count). The van der Waals surface area contributed by atoms with E-state index < -0.39 is 0 Å². The maximum Gasteiger partial charge on any atom is 0.257 e. The van der Waals surface area contributed by atoms with E-state index in [0.29, 0.717) is 12.1 Å². The third-order valence-electron chi connectivity index (χ3n) is 3.48. The molecule has 1 aromatic carbocycles. The minimum atomic E-state index is -0.117. The predicted octanol–water partition coefficient (Wildman–Crippen LogP) is 2.65. The van der Waals surface area contributed by atoms with E-state index in [4.69, 9.17) is 0 Å². The summed E-state index contributed by atoms with van der Waals surface area (Å²) < 4.78 is 0. The number of H-pyrrole nitrogens is 1. The fraction of sp³-hybridized carbons (Fsp3) is 0.333. The second-order valence-corrected chi connectivity index (χ2v) is 4.77. The first-order valence-electron chi connectivity index (χ1n) is 6.64. The van der Waals surface area contributed by atoms with E-state index in [1.807, 2.05) is 26.8 Å². The molecule has 5 nitrogen and oxygen atoms in total. The number of nitrogens with one attached hydrogen (secondary N) is 1. The number of amides is 1. The van der Waals surface area contributed by atoms with Gasteiger partial charge in [-0.15, -0.1) is 0 Å². The van der Waals surface area contributed by atoms with E-state index >= 15 is 0 Å². The van der Waals surface area contributed by atoms with Crippen molar-refractivity contribution in [1.82, 2.24) is 15.1 Å². The Hall–Kier alpha value is -2.30. The number of carbonyl (C=O) groups excluding carboxylic acids is 1. The Morgan fingerprint density at radius 2 is 2.25 bits per heavy atom. The van der Waals surface area contributed by atoms with Gasteiger partial charge in [-0.3, -0.25) is 9.89 Å². The van der Waals surface area contributed by atoms with E-state index in [-0.39, 0.29) is 17.7 Å². The van der Waals surface area contributed by atoms with E-state index in [2.05, 4.69) is 10.2 Å². The maximum absolute atomic E-state index is 12.6. The van der Waals surface area contributed by atoms with Gasteiger partial charge >= 0.3 is 0 Å². The first kappa shape index (κ1) is 14.1. The van der Waals surface area contributed by atoms with Crippen molar-refractivity contribution in [2.45, 2.75) is 26.8 Å². The Bertz CT molecular complexity index is 607. The highest BCUT2D eigenvalue weighted by atomic mass is 16.3. The molecule has 1 heterocycles. The Morgan fingerprint density at radius 3 is 2.80 bits per heavy atom. The number of phenols is 1. The average Bonchev–Trinajstić information content (AvgIpc) is 2.85. The summed E-state index contributed by atoms with van der Waals surface area (Å²) in [4.78, 5) is 14.3. The van der Waals surface area contributed by atoms with Gasteiger partial charge < -0.3 is 10.0 Å². The molecule has 1 atom stereocenters. The zero-order chi connectivity index (χ0) is 14.7. The number of nitrogens with zero attached hydrogens (tertiary/aromatic N) is 2. The molecule has 0 radical (unpaired) electrons. The van der Waals surface area contributed by atoms with Crippen molar-refractivity contribution in [3.8, 4) is 5.75 Å². The summed E-state index contributed by atoms with van der Waals surface area (Å²) >= 11 is 0. The lowest BCUT2D eigenvalue weighted by Crippen LogP contribution is -2.33. The molecule has 0 saturated heterocycles. The van der Waals surface area contributed by atoms with Gasteiger partial charge in [0.25, 0.3) is 5.91 Å². The number of aromatic amines is 1. The Morgan fingerprint density at radius 1 is 1.50 bits per heavy atom. The summed E-state index contributed by atoms with van der Waals surface area (Å²) in [6, 6.07) is 6.87. The van der Waals surface area contributed by atoms with Crippen molar-refractivity contribution in [2.24, 2.45) is 0 Å². The van der Waals surface area contributed by atoms with Crippen LogP contribution in [0.3, 0.4) is 0 Å². The second kappa shape index (κ2) is 5.77. The molecule has 0 fully saturated rings. The monoisotopic (exact) mass is 273 g/mol. The van der Waals surface area contributed by atoms with Crippen LogP contribution in [-0.4, -0.2) is 32.7 Å². The Labute approximate surface area is 118 Å². The lowest BCUT2D eigenvalue weighted by Gasteiger charge is -2.28. The molecule has 1 unspecified atom stereocenters. The molecule has 1 amide bonds. The summed E-state index contributed by atoms with van der Waals surface area (Å²) in [5.41, 5.74) is 2.25. The zero-order valence-corrected chi connectivity index (χ0v) is 11.9. The third-order valence-corrected chi connectivity index (χ3v) is 3.48. The molecule has 0 aliphatic heterocycles. The van der Waals surface area contributed by atoms with Gasteiger partial charge in [0, 0.05) is 12.2 Å². The standard InChI is InChI=1S/C15H19N3O2/c1-4-18(15(20)14-9-16-17-10(14)2)11(3)12-6-5-7-13(19)8-12/h5-9,11,19H,4H2,1-3H3,(H,16,17). The summed E-state index contributed by atoms with van der Waals surface area (Å²) in [5, 5.41) is 16.2. The number of aryl methyl sites for hydroxylation is 1.